The molecular formula is C12H24N2O2. The van der Waals surface area contributed by atoms with E-state index in [2.05, 4.69) is 0 Å². The minimum Gasteiger partial charge on any atom is -0.370 e. The first-order valence-electron chi connectivity index (χ1n) is 5.94. The molecule has 94 valence electrons. The molecule has 0 aromatic rings. The van der Waals surface area contributed by atoms with Gasteiger partial charge in [-0.3, -0.25) is 9.59 Å². The van der Waals surface area contributed by atoms with Crippen molar-refractivity contribution in [3.05, 3.63) is 0 Å². The highest BCUT2D eigenvalue weighted by Gasteiger charge is 2.23. The van der Waals surface area contributed by atoms with Crippen LogP contribution in [-0.2, 0) is 9.59 Å². The van der Waals surface area contributed by atoms with Gasteiger partial charge in [-0.2, -0.15) is 0 Å². The lowest BCUT2D eigenvalue weighted by molar-refractivity contribution is -0.126. The van der Waals surface area contributed by atoms with Crippen LogP contribution in [0.15, 0.2) is 0 Å². The Morgan fingerprint density at radius 1 is 0.938 bits per heavy atom. The van der Waals surface area contributed by atoms with Gasteiger partial charge in [-0.05, 0) is 12.8 Å². The molecule has 0 aliphatic heterocycles. The monoisotopic (exact) mass is 228 g/mol. The summed E-state index contributed by atoms with van der Waals surface area (Å²) in [5.41, 5.74) is 9.91. The van der Waals surface area contributed by atoms with Crippen LogP contribution in [0.3, 0.4) is 0 Å². The zero-order valence-corrected chi connectivity index (χ0v) is 10.4. The Morgan fingerprint density at radius 2 is 1.44 bits per heavy atom. The van der Waals surface area contributed by atoms with Crippen molar-refractivity contribution in [3.63, 3.8) is 0 Å². The lowest BCUT2D eigenvalue weighted by Crippen LogP contribution is -2.31. The number of carbonyl (C=O) groups is 2. The smallest absolute Gasteiger partial charge is 0.223 e. The van der Waals surface area contributed by atoms with E-state index in [1.165, 1.54) is 0 Å². The van der Waals surface area contributed by atoms with Crippen LogP contribution in [0.1, 0.15) is 58.8 Å². The van der Waals surface area contributed by atoms with Crippen molar-refractivity contribution in [3.8, 4) is 0 Å². The van der Waals surface area contributed by atoms with E-state index in [1.54, 1.807) is 0 Å². The highest BCUT2D eigenvalue weighted by Crippen LogP contribution is 2.23. The summed E-state index contributed by atoms with van der Waals surface area (Å²) < 4.78 is 0. The van der Waals surface area contributed by atoms with Crippen LogP contribution in [0.2, 0.25) is 0 Å². The Balaban J connectivity index is 3.40. The average Bonchev–Trinajstić information content (AvgIpc) is 2.15. The number of rotatable bonds is 9. The zero-order chi connectivity index (χ0) is 12.6. The zero-order valence-electron chi connectivity index (χ0n) is 10.4. The molecule has 0 aromatic heterocycles. The summed E-state index contributed by atoms with van der Waals surface area (Å²) in [4.78, 5) is 21.5. The van der Waals surface area contributed by atoms with Crippen molar-refractivity contribution in [2.75, 3.05) is 0 Å². The molecule has 0 saturated carbocycles. The first-order chi connectivity index (χ1) is 7.36. The molecule has 0 atom stereocenters. The fraction of sp³-hybridized carbons (Fsp3) is 0.833. The van der Waals surface area contributed by atoms with Gasteiger partial charge in [0.05, 0.1) is 0 Å². The van der Waals surface area contributed by atoms with Crippen molar-refractivity contribution in [2.45, 2.75) is 58.8 Å². The predicted molar refractivity (Wildman–Crippen MR) is 64.5 cm³/mol. The van der Waals surface area contributed by atoms with Gasteiger partial charge in [0, 0.05) is 11.8 Å². The molecule has 0 fully saturated rings. The molecule has 0 spiro atoms. The number of hydrogen-bond donors (Lipinski definition) is 2. The van der Waals surface area contributed by atoms with E-state index in [1.807, 2.05) is 13.8 Å². The summed E-state index contributed by atoms with van der Waals surface area (Å²) >= 11 is 0. The number of nitrogens with two attached hydrogens (primary N) is 2. The summed E-state index contributed by atoms with van der Waals surface area (Å²) in [6.45, 7) is 3.75. The van der Waals surface area contributed by atoms with E-state index in [-0.39, 0.29) is 11.8 Å². The molecule has 0 unspecified atom stereocenters. The topological polar surface area (TPSA) is 86.2 Å². The van der Waals surface area contributed by atoms with Crippen molar-refractivity contribution in [1.29, 1.82) is 0 Å². The summed E-state index contributed by atoms with van der Waals surface area (Å²) in [6, 6.07) is 0. The van der Waals surface area contributed by atoms with Crippen LogP contribution in [0, 0.1) is 5.41 Å². The summed E-state index contributed by atoms with van der Waals surface area (Å²) in [5.74, 6) is -0.462. The first-order valence-corrected chi connectivity index (χ1v) is 5.94. The fourth-order valence-electron chi connectivity index (χ4n) is 1.52. The molecule has 0 bridgehead atoms. The van der Waals surface area contributed by atoms with Crippen LogP contribution in [0.4, 0.5) is 0 Å². The Kier molecular flexibility index (Phi) is 6.77. The largest absolute Gasteiger partial charge is 0.370 e. The van der Waals surface area contributed by atoms with Gasteiger partial charge in [0.2, 0.25) is 11.8 Å². The van der Waals surface area contributed by atoms with Crippen molar-refractivity contribution < 1.29 is 9.59 Å². The molecule has 0 aliphatic rings. The summed E-state index contributed by atoms with van der Waals surface area (Å²) in [6.07, 6.45) is 6.38. The number of amides is 2. The lowest BCUT2D eigenvalue weighted by Gasteiger charge is -2.19. The third-order valence-electron chi connectivity index (χ3n) is 2.89. The van der Waals surface area contributed by atoms with Gasteiger partial charge in [-0.15, -0.1) is 0 Å². The quantitative estimate of drug-likeness (QED) is 0.589. The van der Waals surface area contributed by atoms with Gasteiger partial charge >= 0.3 is 0 Å². The minimum atomic E-state index is -0.396. The molecule has 16 heavy (non-hydrogen) atoms. The third kappa shape index (κ3) is 7.26. The molecular weight excluding hydrogens is 204 g/mol. The SMILES string of the molecule is CC(C)(CCCCCCCC(N)=O)C(N)=O. The van der Waals surface area contributed by atoms with E-state index in [4.69, 9.17) is 11.5 Å². The molecule has 0 radical (unpaired) electrons. The van der Waals surface area contributed by atoms with Gasteiger partial charge in [0.1, 0.15) is 0 Å². The molecule has 4 nitrogen and oxygen atoms in total. The van der Waals surface area contributed by atoms with Gasteiger partial charge in [0.25, 0.3) is 0 Å². The second kappa shape index (κ2) is 7.25. The highest BCUT2D eigenvalue weighted by atomic mass is 16.1. The van der Waals surface area contributed by atoms with E-state index in [0.29, 0.717) is 6.42 Å². The van der Waals surface area contributed by atoms with E-state index in [0.717, 1.165) is 38.5 Å². The highest BCUT2D eigenvalue weighted by molar-refractivity contribution is 5.79. The van der Waals surface area contributed by atoms with Gasteiger partial charge in [-0.25, -0.2) is 0 Å². The van der Waals surface area contributed by atoms with Crippen molar-refractivity contribution in [2.24, 2.45) is 16.9 Å². The number of primary amides is 2. The van der Waals surface area contributed by atoms with Crippen LogP contribution < -0.4 is 11.5 Å². The maximum absolute atomic E-state index is 11.0. The standard InChI is InChI=1S/C12H24N2O2/c1-12(2,11(14)16)9-7-5-3-4-6-8-10(13)15/h3-9H2,1-2H3,(H2,13,15)(H2,14,16). The molecule has 0 aromatic carbocycles. The molecule has 0 saturated heterocycles. The van der Waals surface area contributed by atoms with E-state index < -0.39 is 5.41 Å². The molecule has 4 N–H and O–H groups in total. The lowest BCUT2D eigenvalue weighted by atomic mass is 9.86. The molecule has 2 amide bonds. The Morgan fingerprint density at radius 3 is 1.94 bits per heavy atom. The average molecular weight is 228 g/mol. The number of unbranched alkanes of at least 4 members (excludes halogenated alkanes) is 4. The molecule has 0 heterocycles. The van der Waals surface area contributed by atoms with E-state index >= 15 is 0 Å². The minimum absolute atomic E-state index is 0.227. The number of carbonyl (C=O) groups excluding carboxylic acids is 2. The summed E-state index contributed by atoms with van der Waals surface area (Å²) in [5, 5.41) is 0. The van der Waals surface area contributed by atoms with Crippen LogP contribution in [0.25, 0.3) is 0 Å². The molecule has 0 aliphatic carbocycles. The molecule has 4 heteroatoms. The normalized spacial score (nSPS) is 11.4. The van der Waals surface area contributed by atoms with Gasteiger partial charge in [-0.1, -0.05) is 39.5 Å². The van der Waals surface area contributed by atoms with Gasteiger partial charge in [0.15, 0.2) is 0 Å². The number of hydrogen-bond acceptors (Lipinski definition) is 2. The maximum Gasteiger partial charge on any atom is 0.223 e. The fourth-order valence-corrected chi connectivity index (χ4v) is 1.52. The first kappa shape index (κ1) is 14.9. The Hall–Kier alpha value is -1.06. The van der Waals surface area contributed by atoms with Crippen LogP contribution >= 0.6 is 0 Å². The summed E-state index contributed by atoms with van der Waals surface area (Å²) in [7, 11) is 0. The maximum atomic E-state index is 11.0. The third-order valence-corrected chi connectivity index (χ3v) is 2.89. The molecule has 0 rings (SSSR count). The van der Waals surface area contributed by atoms with Gasteiger partial charge < -0.3 is 11.5 Å². The predicted octanol–water partition coefficient (Wildman–Crippen LogP) is 1.71. The van der Waals surface area contributed by atoms with Crippen molar-refractivity contribution in [1.82, 2.24) is 0 Å². The Labute approximate surface area is 97.8 Å². The van der Waals surface area contributed by atoms with Crippen LogP contribution in [0.5, 0.6) is 0 Å². The van der Waals surface area contributed by atoms with Crippen LogP contribution in [-0.4, -0.2) is 11.8 Å². The second-order valence-electron chi connectivity index (χ2n) is 4.98. The van der Waals surface area contributed by atoms with Crippen molar-refractivity contribution >= 4 is 11.8 Å². The second-order valence-corrected chi connectivity index (χ2v) is 4.98. The van der Waals surface area contributed by atoms with E-state index in [9.17, 15) is 9.59 Å². The Bertz CT molecular complexity index is 237.